The first-order chi connectivity index (χ1) is 9.31. The Morgan fingerprint density at radius 2 is 1.84 bits per heavy atom. The summed E-state index contributed by atoms with van der Waals surface area (Å²) in [6, 6.07) is 0.831. The van der Waals surface area contributed by atoms with Crippen LogP contribution in [-0.4, -0.2) is 29.8 Å². The van der Waals surface area contributed by atoms with Crippen molar-refractivity contribution in [1.82, 2.24) is 15.5 Å². The van der Waals surface area contributed by atoms with Gasteiger partial charge in [-0.2, -0.15) is 0 Å². The molecule has 108 valence electrons. The van der Waals surface area contributed by atoms with Gasteiger partial charge >= 0.3 is 6.01 Å². The maximum atomic E-state index is 5.82. The highest BCUT2D eigenvalue weighted by Crippen LogP contribution is 2.20. The number of nitrogens with one attached hydrogen (secondary N) is 1. The van der Waals surface area contributed by atoms with Gasteiger partial charge in [0.1, 0.15) is 0 Å². The fourth-order valence-electron chi connectivity index (χ4n) is 2.42. The molecule has 0 bridgehead atoms. The lowest BCUT2D eigenvalue weighted by atomic mass is 10.1. The molecule has 1 aromatic rings. The molecule has 5 heteroatoms. The second kappa shape index (κ2) is 7.48. The lowest BCUT2D eigenvalue weighted by Crippen LogP contribution is -2.27. The monoisotopic (exact) mass is 266 g/mol. The van der Waals surface area contributed by atoms with Crippen LogP contribution in [0.4, 0.5) is 6.01 Å². The maximum absolute atomic E-state index is 5.82. The first kappa shape index (κ1) is 14.3. The van der Waals surface area contributed by atoms with Crippen LogP contribution in [-0.2, 0) is 0 Å². The molecule has 1 aliphatic rings. The van der Waals surface area contributed by atoms with Crippen LogP contribution in [0.2, 0.25) is 0 Å². The van der Waals surface area contributed by atoms with E-state index in [1.165, 1.54) is 32.1 Å². The SMILES string of the molecule is CCCNC(C)c1nnc(N2CCCCCCC2)o1. The first-order valence-corrected chi connectivity index (χ1v) is 7.63. The molecule has 1 N–H and O–H groups in total. The maximum Gasteiger partial charge on any atom is 0.318 e. The Kier molecular flexibility index (Phi) is 5.63. The van der Waals surface area contributed by atoms with Crippen LogP contribution >= 0.6 is 0 Å². The summed E-state index contributed by atoms with van der Waals surface area (Å²) in [5, 5.41) is 11.8. The Morgan fingerprint density at radius 3 is 2.53 bits per heavy atom. The zero-order valence-corrected chi connectivity index (χ0v) is 12.2. The van der Waals surface area contributed by atoms with E-state index in [1.54, 1.807) is 0 Å². The molecule has 1 fully saturated rings. The van der Waals surface area contributed by atoms with Crippen LogP contribution in [0.3, 0.4) is 0 Å². The summed E-state index contributed by atoms with van der Waals surface area (Å²) in [6.07, 6.45) is 7.54. The predicted molar refractivity (Wildman–Crippen MR) is 76.3 cm³/mol. The van der Waals surface area contributed by atoms with Crippen molar-refractivity contribution >= 4 is 6.01 Å². The molecule has 5 nitrogen and oxygen atoms in total. The van der Waals surface area contributed by atoms with Gasteiger partial charge in [-0.05, 0) is 32.7 Å². The van der Waals surface area contributed by atoms with Crippen LogP contribution in [0.15, 0.2) is 4.42 Å². The van der Waals surface area contributed by atoms with Crippen molar-refractivity contribution in [3.63, 3.8) is 0 Å². The minimum Gasteiger partial charge on any atom is -0.406 e. The quantitative estimate of drug-likeness (QED) is 0.888. The number of nitrogens with zero attached hydrogens (tertiary/aromatic N) is 3. The Morgan fingerprint density at radius 1 is 1.16 bits per heavy atom. The average Bonchev–Trinajstić information content (AvgIpc) is 2.85. The van der Waals surface area contributed by atoms with Gasteiger partial charge in [0.05, 0.1) is 6.04 Å². The summed E-state index contributed by atoms with van der Waals surface area (Å²) in [7, 11) is 0. The van der Waals surface area contributed by atoms with Gasteiger partial charge in [0.15, 0.2) is 0 Å². The smallest absolute Gasteiger partial charge is 0.318 e. The lowest BCUT2D eigenvalue weighted by molar-refractivity contribution is 0.409. The number of hydrogen-bond donors (Lipinski definition) is 1. The topological polar surface area (TPSA) is 54.2 Å². The highest BCUT2D eigenvalue weighted by molar-refractivity contribution is 5.24. The molecule has 2 rings (SSSR count). The summed E-state index contributed by atoms with van der Waals surface area (Å²) in [6.45, 7) is 7.28. The summed E-state index contributed by atoms with van der Waals surface area (Å²) in [5.41, 5.74) is 0. The highest BCUT2D eigenvalue weighted by atomic mass is 16.4. The van der Waals surface area contributed by atoms with E-state index in [0.717, 1.165) is 26.1 Å². The third kappa shape index (κ3) is 4.20. The van der Waals surface area contributed by atoms with Crippen LogP contribution in [0.25, 0.3) is 0 Å². The number of aromatic nitrogens is 2. The second-order valence-electron chi connectivity index (χ2n) is 5.35. The molecule has 0 aromatic carbocycles. The van der Waals surface area contributed by atoms with Crippen molar-refractivity contribution in [3.05, 3.63) is 5.89 Å². The molecule has 0 saturated carbocycles. The summed E-state index contributed by atoms with van der Waals surface area (Å²) in [4.78, 5) is 2.24. The van der Waals surface area contributed by atoms with Gasteiger partial charge in [0, 0.05) is 13.1 Å². The van der Waals surface area contributed by atoms with Gasteiger partial charge in [-0.3, -0.25) is 0 Å². The summed E-state index contributed by atoms with van der Waals surface area (Å²) >= 11 is 0. The fourth-order valence-corrected chi connectivity index (χ4v) is 2.42. The van der Waals surface area contributed by atoms with E-state index in [4.69, 9.17) is 4.42 Å². The Balaban J connectivity index is 1.94. The van der Waals surface area contributed by atoms with Gasteiger partial charge in [-0.15, -0.1) is 5.10 Å². The third-order valence-corrected chi connectivity index (χ3v) is 3.63. The van der Waals surface area contributed by atoms with Crippen LogP contribution in [0.1, 0.15) is 64.3 Å². The molecule has 19 heavy (non-hydrogen) atoms. The van der Waals surface area contributed by atoms with Gasteiger partial charge in [0.25, 0.3) is 0 Å². The van der Waals surface area contributed by atoms with E-state index in [1.807, 2.05) is 0 Å². The Labute approximate surface area is 115 Å². The third-order valence-electron chi connectivity index (χ3n) is 3.63. The molecular formula is C14H26N4O. The highest BCUT2D eigenvalue weighted by Gasteiger charge is 2.18. The molecule has 0 amide bonds. The van der Waals surface area contributed by atoms with Crippen molar-refractivity contribution in [2.75, 3.05) is 24.5 Å². The van der Waals surface area contributed by atoms with Crippen molar-refractivity contribution in [2.45, 2.75) is 58.4 Å². The predicted octanol–water partition coefficient (Wildman–Crippen LogP) is 2.90. The van der Waals surface area contributed by atoms with Gasteiger partial charge in [-0.25, -0.2) is 0 Å². The zero-order valence-electron chi connectivity index (χ0n) is 12.2. The van der Waals surface area contributed by atoms with Crippen molar-refractivity contribution in [2.24, 2.45) is 0 Å². The van der Waals surface area contributed by atoms with E-state index in [2.05, 4.69) is 34.3 Å². The molecule has 1 aromatic heterocycles. The minimum atomic E-state index is 0.135. The fraction of sp³-hybridized carbons (Fsp3) is 0.857. The zero-order chi connectivity index (χ0) is 13.5. The van der Waals surface area contributed by atoms with Crippen molar-refractivity contribution < 1.29 is 4.42 Å². The second-order valence-corrected chi connectivity index (χ2v) is 5.35. The van der Waals surface area contributed by atoms with Gasteiger partial charge in [-0.1, -0.05) is 31.3 Å². The molecule has 1 unspecified atom stereocenters. The number of hydrogen-bond acceptors (Lipinski definition) is 5. The Bertz CT molecular complexity index is 358. The average molecular weight is 266 g/mol. The Hall–Kier alpha value is -1.10. The molecule has 0 aliphatic carbocycles. The first-order valence-electron chi connectivity index (χ1n) is 7.63. The standard InChI is InChI=1S/C14H26N4O/c1-3-9-15-12(2)13-16-17-14(19-13)18-10-7-5-4-6-8-11-18/h12,15H,3-11H2,1-2H3. The van der Waals surface area contributed by atoms with E-state index >= 15 is 0 Å². The van der Waals surface area contributed by atoms with E-state index in [0.29, 0.717) is 11.9 Å². The minimum absolute atomic E-state index is 0.135. The van der Waals surface area contributed by atoms with Crippen LogP contribution < -0.4 is 10.2 Å². The summed E-state index contributed by atoms with van der Waals surface area (Å²) in [5.74, 6) is 0.700. The van der Waals surface area contributed by atoms with Crippen molar-refractivity contribution in [1.29, 1.82) is 0 Å². The van der Waals surface area contributed by atoms with Crippen molar-refractivity contribution in [3.8, 4) is 0 Å². The molecule has 2 heterocycles. The van der Waals surface area contributed by atoms with Gasteiger partial charge in [0.2, 0.25) is 5.89 Å². The molecule has 1 saturated heterocycles. The number of rotatable bonds is 5. The van der Waals surface area contributed by atoms with Crippen LogP contribution in [0, 0.1) is 0 Å². The molecular weight excluding hydrogens is 240 g/mol. The van der Waals surface area contributed by atoms with E-state index in [-0.39, 0.29) is 6.04 Å². The molecule has 0 spiro atoms. The molecule has 0 radical (unpaired) electrons. The van der Waals surface area contributed by atoms with Gasteiger partial charge < -0.3 is 14.6 Å². The normalized spacial score (nSPS) is 18.9. The lowest BCUT2D eigenvalue weighted by Gasteiger charge is -2.22. The van der Waals surface area contributed by atoms with Crippen LogP contribution in [0.5, 0.6) is 0 Å². The molecule has 1 atom stereocenters. The number of anilines is 1. The largest absolute Gasteiger partial charge is 0.406 e. The van der Waals surface area contributed by atoms with E-state index < -0.39 is 0 Å². The van der Waals surface area contributed by atoms with E-state index in [9.17, 15) is 0 Å². The molecule has 1 aliphatic heterocycles. The summed E-state index contributed by atoms with van der Waals surface area (Å²) < 4.78 is 5.82.